The van der Waals surface area contributed by atoms with Crippen LogP contribution in [0.2, 0.25) is 0 Å². The van der Waals surface area contributed by atoms with Crippen molar-refractivity contribution < 1.29 is 14.5 Å². The van der Waals surface area contributed by atoms with Gasteiger partial charge in [0.25, 0.3) is 5.69 Å². The van der Waals surface area contributed by atoms with Gasteiger partial charge in [-0.25, -0.2) is 0 Å². The third kappa shape index (κ3) is 5.77. The number of hydrogen-bond donors (Lipinski definition) is 2. The Morgan fingerprint density at radius 1 is 1.14 bits per heavy atom. The van der Waals surface area contributed by atoms with Crippen molar-refractivity contribution >= 4 is 17.3 Å². The average molecular weight is 399 g/mol. The van der Waals surface area contributed by atoms with Crippen molar-refractivity contribution in [1.82, 2.24) is 5.32 Å². The maximum atomic E-state index is 12.8. The molecule has 2 rings (SSSR count). The van der Waals surface area contributed by atoms with Crippen LogP contribution in [0, 0.1) is 16.0 Å². The Hall–Kier alpha value is -2.93. The number of nitro benzene ring substituents is 1. The number of rotatable bonds is 9. The maximum absolute atomic E-state index is 12.8. The number of nitro groups is 1. The number of carbonyl (C=O) groups is 1. The standard InChI is InChI=1S/C22H29N3O4/c1-6-16-7-9-17(10-8-16)21(14(2)3)23-15(4)22(26)24-19-13-18(25(27)28)11-12-20(19)29-5/h7-15,21,23H,6H2,1-5H3,(H,24,26)/t15-,21+/m1/s1. The molecular formula is C22H29N3O4. The summed E-state index contributed by atoms with van der Waals surface area (Å²) in [5, 5.41) is 17.2. The van der Waals surface area contributed by atoms with Crippen LogP contribution in [0.15, 0.2) is 42.5 Å². The first-order chi connectivity index (χ1) is 13.8. The lowest BCUT2D eigenvalue weighted by atomic mass is 9.94. The third-order valence-electron chi connectivity index (χ3n) is 4.89. The molecule has 0 radical (unpaired) electrons. The average Bonchev–Trinajstić information content (AvgIpc) is 2.71. The summed E-state index contributed by atoms with van der Waals surface area (Å²) in [4.78, 5) is 23.3. The number of non-ortho nitro benzene ring substituents is 1. The van der Waals surface area contributed by atoms with Gasteiger partial charge in [-0.1, -0.05) is 45.0 Å². The second-order valence-corrected chi connectivity index (χ2v) is 7.34. The van der Waals surface area contributed by atoms with Gasteiger partial charge in [0.1, 0.15) is 5.75 Å². The van der Waals surface area contributed by atoms with E-state index in [2.05, 4.69) is 55.7 Å². The Morgan fingerprint density at radius 3 is 2.31 bits per heavy atom. The highest BCUT2D eigenvalue weighted by Crippen LogP contribution is 2.29. The number of amides is 1. The van der Waals surface area contributed by atoms with Crippen molar-refractivity contribution in [3.8, 4) is 5.75 Å². The van der Waals surface area contributed by atoms with Crippen LogP contribution in [-0.4, -0.2) is 24.0 Å². The number of hydrogen-bond acceptors (Lipinski definition) is 5. The SMILES string of the molecule is CCc1ccc([C@@H](N[C@H](C)C(=O)Nc2cc([N+](=O)[O-])ccc2OC)C(C)C)cc1. The Morgan fingerprint density at radius 2 is 1.79 bits per heavy atom. The van der Waals surface area contributed by atoms with E-state index in [9.17, 15) is 14.9 Å². The minimum absolute atomic E-state index is 0.00587. The second-order valence-electron chi connectivity index (χ2n) is 7.34. The van der Waals surface area contributed by atoms with Gasteiger partial charge in [-0.3, -0.25) is 20.2 Å². The predicted octanol–water partition coefficient (Wildman–Crippen LogP) is 4.48. The van der Waals surface area contributed by atoms with Crippen molar-refractivity contribution in [2.45, 2.75) is 46.2 Å². The highest BCUT2D eigenvalue weighted by molar-refractivity contribution is 5.96. The van der Waals surface area contributed by atoms with Crippen molar-refractivity contribution in [2.24, 2.45) is 5.92 Å². The molecule has 0 fully saturated rings. The van der Waals surface area contributed by atoms with E-state index >= 15 is 0 Å². The van der Waals surface area contributed by atoms with Crippen LogP contribution < -0.4 is 15.4 Å². The molecule has 0 aliphatic heterocycles. The first-order valence-corrected chi connectivity index (χ1v) is 9.75. The molecule has 0 aliphatic rings. The molecule has 0 unspecified atom stereocenters. The van der Waals surface area contributed by atoms with E-state index in [0.717, 1.165) is 12.0 Å². The molecule has 0 aromatic heterocycles. The van der Waals surface area contributed by atoms with Crippen molar-refractivity contribution in [1.29, 1.82) is 0 Å². The molecule has 2 aromatic rings. The van der Waals surface area contributed by atoms with Gasteiger partial charge in [0.05, 0.1) is 23.8 Å². The summed E-state index contributed by atoms with van der Waals surface area (Å²) in [5.41, 5.74) is 2.54. The second kappa shape index (κ2) is 10.0. The van der Waals surface area contributed by atoms with Crippen LogP contribution in [0.1, 0.15) is 44.9 Å². The number of nitrogens with zero attached hydrogens (tertiary/aromatic N) is 1. The maximum Gasteiger partial charge on any atom is 0.271 e. The van der Waals surface area contributed by atoms with Gasteiger partial charge in [0.2, 0.25) is 5.91 Å². The van der Waals surface area contributed by atoms with Crippen molar-refractivity contribution in [3.05, 3.63) is 63.7 Å². The molecule has 29 heavy (non-hydrogen) atoms. The lowest BCUT2D eigenvalue weighted by molar-refractivity contribution is -0.384. The van der Waals surface area contributed by atoms with Gasteiger partial charge in [-0.15, -0.1) is 0 Å². The van der Waals surface area contributed by atoms with Gasteiger partial charge in [-0.2, -0.15) is 0 Å². The highest BCUT2D eigenvalue weighted by Gasteiger charge is 2.23. The summed E-state index contributed by atoms with van der Waals surface area (Å²) in [5.74, 6) is 0.344. The van der Waals surface area contributed by atoms with E-state index in [4.69, 9.17) is 4.74 Å². The lowest BCUT2D eigenvalue weighted by Crippen LogP contribution is -2.41. The molecule has 2 aromatic carbocycles. The van der Waals surface area contributed by atoms with E-state index in [-0.39, 0.29) is 29.2 Å². The summed E-state index contributed by atoms with van der Waals surface area (Å²) in [6, 6.07) is 12.0. The normalized spacial score (nSPS) is 13.0. The first kappa shape index (κ1) is 22.4. The number of carbonyl (C=O) groups excluding carboxylic acids is 1. The summed E-state index contributed by atoms with van der Waals surface area (Å²) >= 11 is 0. The Labute approximate surface area is 171 Å². The van der Waals surface area contributed by atoms with E-state index in [1.165, 1.54) is 30.9 Å². The summed E-state index contributed by atoms with van der Waals surface area (Å²) in [6.07, 6.45) is 0.976. The van der Waals surface area contributed by atoms with E-state index in [1.807, 2.05) is 0 Å². The molecule has 156 valence electrons. The fourth-order valence-corrected chi connectivity index (χ4v) is 3.13. The zero-order valence-electron chi connectivity index (χ0n) is 17.6. The topological polar surface area (TPSA) is 93.5 Å². The number of ether oxygens (including phenoxy) is 1. The van der Waals surface area contributed by atoms with Gasteiger partial charge in [0, 0.05) is 18.2 Å². The van der Waals surface area contributed by atoms with Crippen LogP contribution in [0.4, 0.5) is 11.4 Å². The molecule has 2 atom stereocenters. The number of benzene rings is 2. The predicted molar refractivity (Wildman–Crippen MR) is 114 cm³/mol. The smallest absolute Gasteiger partial charge is 0.271 e. The summed E-state index contributed by atoms with van der Waals surface area (Å²) in [7, 11) is 1.45. The molecular weight excluding hydrogens is 370 g/mol. The number of methoxy groups -OCH3 is 1. The fourth-order valence-electron chi connectivity index (χ4n) is 3.13. The van der Waals surface area contributed by atoms with Crippen molar-refractivity contribution in [2.75, 3.05) is 12.4 Å². The van der Waals surface area contributed by atoms with E-state index in [1.54, 1.807) is 6.92 Å². The molecule has 7 heteroatoms. The fraction of sp³-hybridized carbons (Fsp3) is 0.409. The molecule has 0 aliphatic carbocycles. The van der Waals surface area contributed by atoms with Crippen LogP contribution in [0.5, 0.6) is 5.75 Å². The Kier molecular flexibility index (Phi) is 7.73. The van der Waals surface area contributed by atoms with Crippen LogP contribution in [0.3, 0.4) is 0 Å². The van der Waals surface area contributed by atoms with E-state index in [0.29, 0.717) is 5.75 Å². The molecule has 0 spiro atoms. The summed E-state index contributed by atoms with van der Waals surface area (Å²) < 4.78 is 5.21. The molecule has 2 N–H and O–H groups in total. The van der Waals surface area contributed by atoms with Gasteiger partial charge in [0.15, 0.2) is 0 Å². The quantitative estimate of drug-likeness (QED) is 0.479. The largest absolute Gasteiger partial charge is 0.495 e. The van der Waals surface area contributed by atoms with Gasteiger partial charge in [-0.05, 0) is 36.5 Å². The highest BCUT2D eigenvalue weighted by atomic mass is 16.6. The molecule has 0 saturated heterocycles. The summed E-state index contributed by atoms with van der Waals surface area (Å²) in [6.45, 7) is 8.08. The van der Waals surface area contributed by atoms with Crippen LogP contribution in [0.25, 0.3) is 0 Å². The molecule has 0 saturated carbocycles. The number of nitrogens with one attached hydrogen (secondary N) is 2. The minimum atomic E-state index is -0.516. The Bertz CT molecular complexity index is 850. The number of aryl methyl sites for hydroxylation is 1. The minimum Gasteiger partial charge on any atom is -0.495 e. The first-order valence-electron chi connectivity index (χ1n) is 9.75. The van der Waals surface area contributed by atoms with Crippen LogP contribution in [-0.2, 0) is 11.2 Å². The Balaban J connectivity index is 2.16. The lowest BCUT2D eigenvalue weighted by Gasteiger charge is -2.27. The molecule has 0 heterocycles. The van der Waals surface area contributed by atoms with Crippen LogP contribution >= 0.6 is 0 Å². The van der Waals surface area contributed by atoms with Crippen molar-refractivity contribution in [3.63, 3.8) is 0 Å². The third-order valence-corrected chi connectivity index (χ3v) is 4.89. The monoisotopic (exact) mass is 399 g/mol. The molecule has 1 amide bonds. The van der Waals surface area contributed by atoms with E-state index < -0.39 is 11.0 Å². The number of anilines is 1. The van der Waals surface area contributed by atoms with Gasteiger partial charge >= 0.3 is 0 Å². The zero-order valence-corrected chi connectivity index (χ0v) is 17.6. The molecule has 7 nitrogen and oxygen atoms in total. The molecule has 0 bridgehead atoms. The zero-order chi connectivity index (χ0) is 21.6. The van der Waals surface area contributed by atoms with Gasteiger partial charge < -0.3 is 10.1 Å².